The van der Waals surface area contributed by atoms with Crippen LogP contribution in [0.15, 0.2) is 29.3 Å². The summed E-state index contributed by atoms with van der Waals surface area (Å²) in [5.41, 5.74) is 7.22. The first kappa shape index (κ1) is 19.2. The highest BCUT2D eigenvalue weighted by Gasteiger charge is 2.39. The van der Waals surface area contributed by atoms with Gasteiger partial charge in [0.25, 0.3) is 0 Å². The van der Waals surface area contributed by atoms with Crippen molar-refractivity contribution in [2.75, 3.05) is 13.1 Å². The summed E-state index contributed by atoms with van der Waals surface area (Å²) >= 11 is 0. The Bertz CT molecular complexity index is 559. The standard InChI is InChI=1S/C17H23F2N3O.HI/c1-11-6-8-22(9-7-11)17(20)21-15-10-14(15)12-2-4-13(5-3-12)23-16(18)19;/h2-5,11,14-16H,6-10H2,1H3,(H2,20,21);1H/t14-,15+;/m0./s1. The Labute approximate surface area is 158 Å². The monoisotopic (exact) mass is 451 g/mol. The van der Waals surface area contributed by atoms with Crippen LogP contribution < -0.4 is 10.5 Å². The van der Waals surface area contributed by atoms with Crippen LogP contribution in [0.2, 0.25) is 0 Å². The number of rotatable bonds is 4. The lowest BCUT2D eigenvalue weighted by Crippen LogP contribution is -2.42. The molecular weight excluding hydrogens is 427 g/mol. The van der Waals surface area contributed by atoms with Gasteiger partial charge in [-0.05, 0) is 42.9 Å². The molecule has 0 amide bonds. The van der Waals surface area contributed by atoms with Gasteiger partial charge in [0.2, 0.25) is 0 Å². The number of nitrogens with zero attached hydrogens (tertiary/aromatic N) is 2. The molecule has 1 aromatic carbocycles. The van der Waals surface area contributed by atoms with Gasteiger partial charge < -0.3 is 15.4 Å². The zero-order valence-corrected chi connectivity index (χ0v) is 16.0. The molecule has 2 aliphatic rings. The number of aliphatic imine (C=N–C) groups is 1. The lowest BCUT2D eigenvalue weighted by molar-refractivity contribution is -0.0498. The minimum atomic E-state index is -2.79. The Hall–Kier alpha value is -1.12. The zero-order valence-electron chi connectivity index (χ0n) is 13.7. The maximum absolute atomic E-state index is 12.1. The molecule has 1 saturated heterocycles. The van der Waals surface area contributed by atoms with Gasteiger partial charge in [-0.3, -0.25) is 0 Å². The van der Waals surface area contributed by atoms with Crippen molar-refractivity contribution < 1.29 is 13.5 Å². The smallest absolute Gasteiger partial charge is 0.387 e. The number of hydrogen-bond donors (Lipinski definition) is 1. The Balaban J connectivity index is 0.00000208. The maximum atomic E-state index is 12.1. The Morgan fingerprint density at radius 2 is 1.88 bits per heavy atom. The van der Waals surface area contributed by atoms with E-state index in [0.717, 1.165) is 43.8 Å². The number of likely N-dealkylation sites (tertiary alicyclic amines) is 1. The average molecular weight is 451 g/mol. The number of halogens is 3. The second-order valence-corrected chi connectivity index (χ2v) is 6.51. The van der Waals surface area contributed by atoms with Crippen LogP contribution >= 0.6 is 24.0 Å². The van der Waals surface area contributed by atoms with Gasteiger partial charge in [0.1, 0.15) is 5.75 Å². The van der Waals surface area contributed by atoms with Crippen molar-refractivity contribution in [1.82, 2.24) is 4.90 Å². The van der Waals surface area contributed by atoms with E-state index in [9.17, 15) is 8.78 Å². The van der Waals surface area contributed by atoms with Crippen LogP contribution in [0.5, 0.6) is 5.75 Å². The molecule has 0 aromatic heterocycles. The molecule has 134 valence electrons. The van der Waals surface area contributed by atoms with E-state index in [1.54, 1.807) is 12.1 Å². The van der Waals surface area contributed by atoms with Crippen molar-refractivity contribution in [3.05, 3.63) is 29.8 Å². The van der Waals surface area contributed by atoms with E-state index < -0.39 is 6.61 Å². The Morgan fingerprint density at radius 3 is 2.46 bits per heavy atom. The molecule has 3 rings (SSSR count). The van der Waals surface area contributed by atoms with E-state index in [1.807, 2.05) is 12.1 Å². The fraction of sp³-hybridized carbons (Fsp3) is 0.588. The van der Waals surface area contributed by atoms with E-state index in [4.69, 9.17) is 5.73 Å². The molecule has 0 spiro atoms. The predicted molar refractivity (Wildman–Crippen MR) is 101 cm³/mol. The molecule has 1 saturated carbocycles. The van der Waals surface area contributed by atoms with Crippen molar-refractivity contribution in [3.63, 3.8) is 0 Å². The molecule has 1 heterocycles. The number of nitrogens with two attached hydrogens (primary N) is 1. The number of guanidine groups is 1. The topological polar surface area (TPSA) is 50.8 Å². The van der Waals surface area contributed by atoms with Gasteiger partial charge in [-0.1, -0.05) is 19.1 Å². The highest BCUT2D eigenvalue weighted by Crippen LogP contribution is 2.44. The van der Waals surface area contributed by atoms with Crippen LogP contribution in [0.1, 0.15) is 37.7 Å². The Morgan fingerprint density at radius 1 is 1.25 bits per heavy atom. The zero-order chi connectivity index (χ0) is 16.4. The van der Waals surface area contributed by atoms with Crippen LogP contribution in [-0.2, 0) is 0 Å². The first-order valence-electron chi connectivity index (χ1n) is 8.16. The summed E-state index contributed by atoms with van der Waals surface area (Å²) in [7, 11) is 0. The van der Waals surface area contributed by atoms with Gasteiger partial charge in [0, 0.05) is 19.0 Å². The van der Waals surface area contributed by atoms with Gasteiger partial charge >= 0.3 is 6.61 Å². The average Bonchev–Trinajstić information content (AvgIpc) is 3.27. The van der Waals surface area contributed by atoms with Crippen LogP contribution in [0, 0.1) is 5.92 Å². The van der Waals surface area contributed by atoms with Gasteiger partial charge in [0.05, 0.1) is 6.04 Å². The van der Waals surface area contributed by atoms with Crippen molar-refractivity contribution in [3.8, 4) is 5.75 Å². The van der Waals surface area contributed by atoms with E-state index in [1.165, 1.54) is 0 Å². The minimum absolute atomic E-state index is 0. The maximum Gasteiger partial charge on any atom is 0.387 e. The minimum Gasteiger partial charge on any atom is -0.435 e. The molecule has 1 aliphatic carbocycles. The highest BCUT2D eigenvalue weighted by atomic mass is 127. The van der Waals surface area contributed by atoms with Gasteiger partial charge in [-0.2, -0.15) is 8.78 Å². The third-order valence-electron chi connectivity index (χ3n) is 4.70. The summed E-state index contributed by atoms with van der Waals surface area (Å²) < 4.78 is 28.6. The largest absolute Gasteiger partial charge is 0.435 e. The third kappa shape index (κ3) is 4.94. The second-order valence-electron chi connectivity index (χ2n) is 6.51. The molecule has 2 N–H and O–H groups in total. The summed E-state index contributed by atoms with van der Waals surface area (Å²) in [6, 6.07) is 7.02. The van der Waals surface area contributed by atoms with Crippen LogP contribution in [0.4, 0.5) is 8.78 Å². The molecule has 2 atom stereocenters. The first-order chi connectivity index (χ1) is 11.0. The van der Waals surface area contributed by atoms with E-state index in [2.05, 4.69) is 21.6 Å². The van der Waals surface area contributed by atoms with Crippen LogP contribution in [0.25, 0.3) is 0 Å². The molecule has 1 aromatic rings. The van der Waals surface area contributed by atoms with Gasteiger partial charge in [-0.15, -0.1) is 24.0 Å². The molecule has 1 aliphatic heterocycles. The summed E-state index contributed by atoms with van der Waals surface area (Å²) in [6.45, 7) is 1.44. The molecule has 0 radical (unpaired) electrons. The van der Waals surface area contributed by atoms with Crippen LogP contribution in [-0.4, -0.2) is 36.6 Å². The lowest BCUT2D eigenvalue weighted by Gasteiger charge is -2.31. The summed E-state index contributed by atoms with van der Waals surface area (Å²) in [5, 5.41) is 0. The van der Waals surface area contributed by atoms with Crippen molar-refractivity contribution in [1.29, 1.82) is 0 Å². The van der Waals surface area contributed by atoms with Crippen molar-refractivity contribution in [2.45, 2.75) is 44.8 Å². The van der Waals surface area contributed by atoms with Crippen molar-refractivity contribution in [2.24, 2.45) is 16.6 Å². The van der Waals surface area contributed by atoms with E-state index in [-0.39, 0.29) is 35.8 Å². The summed E-state index contributed by atoms with van der Waals surface area (Å²) in [6.07, 6.45) is 3.28. The van der Waals surface area contributed by atoms with E-state index in [0.29, 0.717) is 11.9 Å². The molecule has 2 fully saturated rings. The fourth-order valence-corrected chi connectivity index (χ4v) is 3.07. The predicted octanol–water partition coefficient (Wildman–Crippen LogP) is 3.81. The van der Waals surface area contributed by atoms with E-state index >= 15 is 0 Å². The van der Waals surface area contributed by atoms with Gasteiger partial charge in [0.15, 0.2) is 5.96 Å². The third-order valence-corrected chi connectivity index (χ3v) is 4.70. The normalized spacial score (nSPS) is 24.7. The molecule has 7 heteroatoms. The number of hydrogen-bond acceptors (Lipinski definition) is 2. The lowest BCUT2D eigenvalue weighted by atomic mass is 10.00. The highest BCUT2D eigenvalue weighted by molar-refractivity contribution is 14.0. The summed E-state index contributed by atoms with van der Waals surface area (Å²) in [4.78, 5) is 6.80. The van der Waals surface area contributed by atoms with Crippen molar-refractivity contribution >= 4 is 29.9 Å². The number of ether oxygens (including phenoxy) is 1. The molecular formula is C17H24F2IN3O. The summed E-state index contributed by atoms with van der Waals surface area (Å²) in [5.74, 6) is 1.92. The molecule has 0 bridgehead atoms. The van der Waals surface area contributed by atoms with Crippen LogP contribution in [0.3, 0.4) is 0 Å². The number of piperidine rings is 1. The SMILES string of the molecule is CC1CCN(C(N)=N[C@@H]2C[C@H]2c2ccc(OC(F)F)cc2)CC1.I. The number of benzene rings is 1. The molecule has 4 nitrogen and oxygen atoms in total. The second kappa shape index (κ2) is 8.31. The molecule has 24 heavy (non-hydrogen) atoms. The van der Waals surface area contributed by atoms with Gasteiger partial charge in [-0.25, -0.2) is 4.99 Å². The quantitative estimate of drug-likeness (QED) is 0.431. The fourth-order valence-electron chi connectivity index (χ4n) is 3.07. The first-order valence-corrected chi connectivity index (χ1v) is 8.16. The molecule has 0 unspecified atom stereocenters. The number of alkyl halides is 2. The Kier molecular flexibility index (Phi) is 6.65.